The third kappa shape index (κ3) is 1.07. The summed E-state index contributed by atoms with van der Waals surface area (Å²) in [5.41, 5.74) is 4.68. The van der Waals surface area contributed by atoms with Gasteiger partial charge in [0.05, 0.1) is 6.04 Å². The summed E-state index contributed by atoms with van der Waals surface area (Å²) in [6.45, 7) is 1.68. The monoisotopic (exact) mass is 181 g/mol. The number of hydrogen-bond donors (Lipinski definition) is 2. The van der Waals surface area contributed by atoms with Crippen LogP contribution >= 0.6 is 0 Å². The molecule has 0 bridgehead atoms. The van der Waals surface area contributed by atoms with Gasteiger partial charge in [0.25, 0.3) is 5.91 Å². The number of nitrogens with one attached hydrogen (secondary N) is 1. The van der Waals surface area contributed by atoms with E-state index in [2.05, 4.69) is 10.3 Å². The number of amidine groups is 1. The Labute approximate surface area is 75.4 Å². The normalized spacial score (nSPS) is 26.8. The van der Waals surface area contributed by atoms with E-state index in [0.29, 0.717) is 12.8 Å². The molecule has 70 valence electrons. The van der Waals surface area contributed by atoms with E-state index in [1.54, 1.807) is 6.92 Å². The van der Waals surface area contributed by atoms with Crippen LogP contribution in [-0.2, 0) is 9.59 Å². The van der Waals surface area contributed by atoms with Crippen LogP contribution in [-0.4, -0.2) is 23.7 Å². The van der Waals surface area contributed by atoms with Crippen LogP contribution < -0.4 is 11.1 Å². The maximum absolute atomic E-state index is 11.4. The lowest BCUT2D eigenvalue weighted by molar-refractivity contribution is -0.135. The van der Waals surface area contributed by atoms with E-state index in [4.69, 9.17) is 5.73 Å². The van der Waals surface area contributed by atoms with Crippen LogP contribution in [0.3, 0.4) is 0 Å². The molecule has 1 saturated carbocycles. The summed E-state index contributed by atoms with van der Waals surface area (Å²) in [5, 5.41) is 2.56. The molecule has 2 aliphatic rings. The molecule has 1 spiro atoms. The van der Waals surface area contributed by atoms with Crippen molar-refractivity contribution in [1.29, 1.82) is 0 Å². The van der Waals surface area contributed by atoms with Crippen LogP contribution in [0.1, 0.15) is 19.8 Å². The first-order chi connectivity index (χ1) is 6.06. The number of carbonyl (C=O) groups excluding carboxylic acids is 2. The molecule has 3 N–H and O–H groups in total. The van der Waals surface area contributed by atoms with Gasteiger partial charge in [0, 0.05) is 0 Å². The fraction of sp³-hybridized carbons (Fsp3) is 0.625. The third-order valence-corrected chi connectivity index (χ3v) is 2.49. The average Bonchev–Trinajstić information content (AvgIpc) is 2.80. The van der Waals surface area contributed by atoms with Crippen molar-refractivity contribution in [2.24, 2.45) is 16.1 Å². The van der Waals surface area contributed by atoms with E-state index in [0.717, 1.165) is 0 Å². The molecular formula is C8H11N3O2. The second kappa shape index (κ2) is 2.38. The van der Waals surface area contributed by atoms with Gasteiger partial charge < -0.3 is 11.1 Å². The van der Waals surface area contributed by atoms with E-state index in [9.17, 15) is 9.59 Å². The smallest absolute Gasteiger partial charge is 0.263 e. The van der Waals surface area contributed by atoms with Gasteiger partial charge >= 0.3 is 0 Å². The second-order valence-electron chi connectivity index (χ2n) is 3.63. The van der Waals surface area contributed by atoms with E-state index in [1.807, 2.05) is 0 Å². The van der Waals surface area contributed by atoms with Crippen LogP contribution in [0, 0.1) is 5.41 Å². The highest BCUT2D eigenvalue weighted by Gasteiger charge is 2.58. The molecule has 1 atom stereocenters. The SMILES string of the molecule is CC(N)C1=NC(=O)C2(CC2)C(=O)N1. The Morgan fingerprint density at radius 1 is 1.54 bits per heavy atom. The highest BCUT2D eigenvalue weighted by atomic mass is 16.2. The molecule has 1 unspecified atom stereocenters. The van der Waals surface area contributed by atoms with Gasteiger partial charge in [-0.1, -0.05) is 0 Å². The molecule has 0 aromatic heterocycles. The number of hydrogen-bond acceptors (Lipinski definition) is 3. The van der Waals surface area contributed by atoms with Crippen LogP contribution in [0.5, 0.6) is 0 Å². The first-order valence-electron chi connectivity index (χ1n) is 4.26. The van der Waals surface area contributed by atoms with Crippen molar-refractivity contribution in [3.63, 3.8) is 0 Å². The highest BCUT2D eigenvalue weighted by molar-refractivity contribution is 6.21. The van der Waals surface area contributed by atoms with Crippen molar-refractivity contribution in [2.75, 3.05) is 0 Å². The maximum Gasteiger partial charge on any atom is 0.263 e. The number of aliphatic imine (C=N–C) groups is 1. The van der Waals surface area contributed by atoms with Crippen molar-refractivity contribution in [3.05, 3.63) is 0 Å². The summed E-state index contributed by atoms with van der Waals surface area (Å²) >= 11 is 0. The molecule has 5 heteroatoms. The minimum absolute atomic E-state index is 0.236. The Kier molecular flexibility index (Phi) is 1.53. The predicted molar refractivity (Wildman–Crippen MR) is 45.9 cm³/mol. The number of nitrogens with two attached hydrogens (primary N) is 1. The summed E-state index contributed by atoms with van der Waals surface area (Å²) in [5.74, 6) is -0.282. The van der Waals surface area contributed by atoms with Crippen LogP contribution in [0.2, 0.25) is 0 Å². The summed E-state index contributed by atoms with van der Waals surface area (Å²) in [7, 11) is 0. The highest BCUT2D eigenvalue weighted by Crippen LogP contribution is 2.48. The molecule has 13 heavy (non-hydrogen) atoms. The number of carbonyl (C=O) groups is 2. The molecule has 1 heterocycles. The Hall–Kier alpha value is -1.23. The summed E-state index contributed by atoms with van der Waals surface area (Å²) < 4.78 is 0. The van der Waals surface area contributed by atoms with Gasteiger partial charge in [-0.25, -0.2) is 0 Å². The summed E-state index contributed by atoms with van der Waals surface area (Å²) in [6.07, 6.45) is 1.24. The molecule has 1 aliphatic carbocycles. The van der Waals surface area contributed by atoms with Gasteiger partial charge in [-0.3, -0.25) is 9.59 Å². The topological polar surface area (TPSA) is 84.5 Å². The molecule has 5 nitrogen and oxygen atoms in total. The van der Waals surface area contributed by atoms with Gasteiger partial charge in [-0.05, 0) is 19.8 Å². The third-order valence-electron chi connectivity index (χ3n) is 2.49. The lowest BCUT2D eigenvalue weighted by atomic mass is 10.0. The number of nitrogens with zero attached hydrogens (tertiary/aromatic N) is 1. The van der Waals surface area contributed by atoms with E-state index in [1.165, 1.54) is 0 Å². The first-order valence-corrected chi connectivity index (χ1v) is 4.26. The Balaban J connectivity index is 2.30. The first kappa shape index (κ1) is 8.37. The van der Waals surface area contributed by atoms with E-state index >= 15 is 0 Å². The van der Waals surface area contributed by atoms with Crippen molar-refractivity contribution in [2.45, 2.75) is 25.8 Å². The standard InChI is InChI=1S/C8H11N3O2/c1-4(9)5-10-6(12)8(2-3-8)7(13)11-5/h4H,2-3,9H2,1H3,(H,10,11,12,13). The van der Waals surface area contributed by atoms with Crippen molar-refractivity contribution >= 4 is 17.6 Å². The maximum atomic E-state index is 11.4. The van der Waals surface area contributed by atoms with Gasteiger partial charge in [0.1, 0.15) is 11.3 Å². The molecular weight excluding hydrogens is 170 g/mol. The zero-order valence-electron chi connectivity index (χ0n) is 7.33. The van der Waals surface area contributed by atoms with Gasteiger partial charge in [-0.15, -0.1) is 0 Å². The Morgan fingerprint density at radius 3 is 2.54 bits per heavy atom. The molecule has 2 amide bonds. The molecule has 1 fully saturated rings. The van der Waals surface area contributed by atoms with Crippen molar-refractivity contribution < 1.29 is 9.59 Å². The largest absolute Gasteiger partial charge is 0.322 e. The van der Waals surface area contributed by atoms with E-state index in [-0.39, 0.29) is 17.6 Å². The fourth-order valence-corrected chi connectivity index (χ4v) is 1.36. The lowest BCUT2D eigenvalue weighted by Gasteiger charge is -2.20. The molecule has 0 aromatic rings. The Morgan fingerprint density at radius 2 is 2.15 bits per heavy atom. The molecule has 1 aliphatic heterocycles. The van der Waals surface area contributed by atoms with Crippen molar-refractivity contribution in [3.8, 4) is 0 Å². The fourth-order valence-electron chi connectivity index (χ4n) is 1.36. The second-order valence-corrected chi connectivity index (χ2v) is 3.63. The Bertz CT molecular complexity index is 315. The van der Waals surface area contributed by atoms with Gasteiger partial charge in [-0.2, -0.15) is 4.99 Å². The minimum Gasteiger partial charge on any atom is -0.322 e. The van der Waals surface area contributed by atoms with Crippen molar-refractivity contribution in [1.82, 2.24) is 5.32 Å². The molecule has 0 saturated heterocycles. The van der Waals surface area contributed by atoms with Gasteiger partial charge in [0.2, 0.25) is 5.91 Å². The van der Waals surface area contributed by atoms with Crippen LogP contribution in [0.4, 0.5) is 0 Å². The molecule has 0 radical (unpaired) electrons. The van der Waals surface area contributed by atoms with Gasteiger partial charge in [0.15, 0.2) is 0 Å². The zero-order chi connectivity index (χ0) is 9.64. The predicted octanol–water partition coefficient (Wildman–Crippen LogP) is -0.831. The zero-order valence-corrected chi connectivity index (χ0v) is 7.33. The number of rotatable bonds is 1. The summed E-state index contributed by atoms with van der Waals surface area (Å²) in [6, 6.07) is -0.399. The lowest BCUT2D eigenvalue weighted by Crippen LogP contribution is -2.51. The summed E-state index contributed by atoms with van der Waals surface area (Å²) in [4.78, 5) is 26.6. The average molecular weight is 181 g/mol. The quantitative estimate of drug-likeness (QED) is 0.518. The molecule has 0 aromatic carbocycles. The van der Waals surface area contributed by atoms with E-state index < -0.39 is 11.5 Å². The van der Waals surface area contributed by atoms with Crippen LogP contribution in [0.15, 0.2) is 4.99 Å². The number of amides is 2. The molecule has 2 rings (SSSR count). The minimum atomic E-state index is -0.821. The van der Waals surface area contributed by atoms with Crippen LogP contribution in [0.25, 0.3) is 0 Å².